The van der Waals surface area contributed by atoms with Crippen LogP contribution in [0.3, 0.4) is 0 Å². The molecule has 8 heteroatoms. The van der Waals surface area contributed by atoms with Crippen molar-refractivity contribution in [2.45, 2.75) is 37.1 Å². The maximum Gasteiger partial charge on any atom is 0.304 e. The van der Waals surface area contributed by atoms with Crippen LogP contribution in [0, 0.1) is 21.8 Å². The third kappa shape index (κ3) is 3.13. The molecule has 1 N–H and O–H groups in total. The Labute approximate surface area is 116 Å². The van der Waals surface area contributed by atoms with Gasteiger partial charge in [0.1, 0.15) is 0 Å². The lowest BCUT2D eigenvalue weighted by Gasteiger charge is -2.13. The molecule has 2 rings (SSSR count). The quantitative estimate of drug-likeness (QED) is 0.682. The van der Waals surface area contributed by atoms with Gasteiger partial charge in [-0.2, -0.15) is 4.39 Å². The first-order valence-corrected chi connectivity index (χ1v) is 7.74. The minimum absolute atomic E-state index is 0.159. The molecule has 0 heterocycles. The number of halogens is 1. The number of nitrogens with zero attached hydrogens (tertiary/aromatic N) is 1. The molecule has 0 saturated heterocycles. The maximum absolute atomic E-state index is 13.5. The average Bonchev–Trinajstić information content (AvgIpc) is 2.73. The molecule has 1 aliphatic carbocycles. The van der Waals surface area contributed by atoms with E-state index in [0.29, 0.717) is 12.0 Å². The van der Waals surface area contributed by atoms with Gasteiger partial charge in [-0.25, -0.2) is 13.1 Å². The number of hydrogen-bond donors (Lipinski definition) is 1. The summed E-state index contributed by atoms with van der Waals surface area (Å²) in [6.45, 7) is 2.04. The fourth-order valence-electron chi connectivity index (χ4n) is 2.40. The van der Waals surface area contributed by atoms with Crippen LogP contribution in [0.25, 0.3) is 0 Å². The Morgan fingerprint density at radius 3 is 2.60 bits per heavy atom. The molecule has 0 radical (unpaired) electrons. The van der Waals surface area contributed by atoms with E-state index in [-0.39, 0.29) is 10.9 Å². The van der Waals surface area contributed by atoms with Crippen molar-refractivity contribution in [1.82, 2.24) is 4.72 Å². The third-order valence-corrected chi connectivity index (χ3v) is 4.96. The predicted molar refractivity (Wildman–Crippen MR) is 70.2 cm³/mol. The van der Waals surface area contributed by atoms with Crippen molar-refractivity contribution in [2.24, 2.45) is 5.92 Å². The normalized spacial score (nSPS) is 22.9. The van der Waals surface area contributed by atoms with E-state index in [1.54, 1.807) is 0 Å². The van der Waals surface area contributed by atoms with Gasteiger partial charge in [0.15, 0.2) is 0 Å². The van der Waals surface area contributed by atoms with E-state index < -0.39 is 26.5 Å². The SMILES string of the molecule is CC1CCC(NS(=O)(=O)c2ccc([N+](=O)[O-])c(F)c2)C1. The standard InChI is InChI=1S/C12H15FN2O4S/c1-8-2-3-9(6-8)14-20(18,19)10-4-5-12(15(16)17)11(13)7-10/h4-5,7-9,14H,2-3,6H2,1H3. The average molecular weight is 302 g/mol. The fourth-order valence-corrected chi connectivity index (χ4v) is 3.70. The zero-order valence-corrected chi connectivity index (χ0v) is 11.7. The van der Waals surface area contributed by atoms with Crippen LogP contribution in [0.5, 0.6) is 0 Å². The molecule has 110 valence electrons. The van der Waals surface area contributed by atoms with E-state index >= 15 is 0 Å². The number of benzene rings is 1. The van der Waals surface area contributed by atoms with E-state index in [2.05, 4.69) is 4.72 Å². The van der Waals surface area contributed by atoms with Gasteiger partial charge in [0.25, 0.3) is 0 Å². The number of hydrogen-bond acceptors (Lipinski definition) is 4. The minimum Gasteiger partial charge on any atom is -0.258 e. The van der Waals surface area contributed by atoms with Crippen LogP contribution in [0.1, 0.15) is 26.2 Å². The molecule has 1 fully saturated rings. The largest absolute Gasteiger partial charge is 0.304 e. The molecule has 0 aromatic heterocycles. The van der Waals surface area contributed by atoms with E-state index in [1.807, 2.05) is 6.92 Å². The predicted octanol–water partition coefficient (Wildman–Crippen LogP) is 2.20. The van der Waals surface area contributed by atoms with Crippen molar-refractivity contribution < 1.29 is 17.7 Å². The maximum atomic E-state index is 13.5. The molecule has 1 saturated carbocycles. The second kappa shape index (κ2) is 5.45. The lowest BCUT2D eigenvalue weighted by Crippen LogP contribution is -2.33. The van der Waals surface area contributed by atoms with Crippen LogP contribution in [0.2, 0.25) is 0 Å². The molecule has 2 unspecified atom stereocenters. The van der Waals surface area contributed by atoms with Crippen LogP contribution in [-0.4, -0.2) is 19.4 Å². The highest BCUT2D eigenvalue weighted by molar-refractivity contribution is 7.89. The van der Waals surface area contributed by atoms with Crippen molar-refractivity contribution in [2.75, 3.05) is 0 Å². The summed E-state index contributed by atoms with van der Waals surface area (Å²) in [5.41, 5.74) is -0.738. The summed E-state index contributed by atoms with van der Waals surface area (Å²) in [6.07, 6.45) is 2.44. The lowest BCUT2D eigenvalue weighted by molar-refractivity contribution is -0.387. The molecule has 1 aromatic carbocycles. The highest BCUT2D eigenvalue weighted by Crippen LogP contribution is 2.27. The first kappa shape index (κ1) is 14.9. The van der Waals surface area contributed by atoms with Crippen LogP contribution < -0.4 is 4.72 Å². The number of nitro benzene ring substituents is 1. The topological polar surface area (TPSA) is 89.3 Å². The Hall–Kier alpha value is -1.54. The van der Waals surface area contributed by atoms with E-state index in [4.69, 9.17) is 0 Å². The van der Waals surface area contributed by atoms with Gasteiger partial charge in [0.05, 0.1) is 9.82 Å². The van der Waals surface area contributed by atoms with Crippen LogP contribution in [0.15, 0.2) is 23.1 Å². The van der Waals surface area contributed by atoms with Gasteiger partial charge in [-0.3, -0.25) is 10.1 Å². The summed E-state index contributed by atoms with van der Waals surface area (Å²) in [4.78, 5) is 9.32. The number of sulfonamides is 1. The van der Waals surface area contributed by atoms with Crippen LogP contribution >= 0.6 is 0 Å². The summed E-state index contributed by atoms with van der Waals surface area (Å²) in [6, 6.07) is 2.43. The Kier molecular flexibility index (Phi) is 4.05. The smallest absolute Gasteiger partial charge is 0.258 e. The monoisotopic (exact) mass is 302 g/mol. The number of nitro groups is 1. The summed E-state index contributed by atoms with van der Waals surface area (Å²) < 4.78 is 40.1. The molecule has 0 aliphatic heterocycles. The second-order valence-corrected chi connectivity index (χ2v) is 6.82. The van der Waals surface area contributed by atoms with Crippen LogP contribution in [-0.2, 0) is 10.0 Å². The van der Waals surface area contributed by atoms with Gasteiger partial charge < -0.3 is 0 Å². The van der Waals surface area contributed by atoms with Gasteiger partial charge >= 0.3 is 5.69 Å². The fraction of sp³-hybridized carbons (Fsp3) is 0.500. The van der Waals surface area contributed by atoms with Gasteiger partial charge in [-0.05, 0) is 31.2 Å². The molecule has 0 spiro atoms. The molecular formula is C12H15FN2O4S. The second-order valence-electron chi connectivity index (χ2n) is 5.11. The Morgan fingerprint density at radius 1 is 1.40 bits per heavy atom. The molecular weight excluding hydrogens is 287 g/mol. The number of nitrogens with one attached hydrogen (secondary N) is 1. The number of rotatable bonds is 4. The van der Waals surface area contributed by atoms with Crippen LogP contribution in [0.4, 0.5) is 10.1 Å². The molecule has 1 aliphatic rings. The van der Waals surface area contributed by atoms with Crippen molar-refractivity contribution in [1.29, 1.82) is 0 Å². The van der Waals surface area contributed by atoms with E-state index in [0.717, 1.165) is 31.4 Å². The highest BCUT2D eigenvalue weighted by atomic mass is 32.2. The summed E-state index contributed by atoms with van der Waals surface area (Å²) in [7, 11) is -3.84. The zero-order valence-electron chi connectivity index (χ0n) is 10.9. The molecule has 2 atom stereocenters. The van der Waals surface area contributed by atoms with Gasteiger partial charge in [0.2, 0.25) is 15.8 Å². The third-order valence-electron chi connectivity index (χ3n) is 3.44. The summed E-state index contributed by atoms with van der Waals surface area (Å²) >= 11 is 0. The molecule has 0 bridgehead atoms. The first-order chi connectivity index (χ1) is 9.29. The van der Waals surface area contributed by atoms with Gasteiger partial charge in [-0.1, -0.05) is 6.92 Å². The van der Waals surface area contributed by atoms with Gasteiger partial charge in [-0.15, -0.1) is 0 Å². The molecule has 6 nitrogen and oxygen atoms in total. The van der Waals surface area contributed by atoms with E-state index in [9.17, 15) is 22.9 Å². The molecule has 1 aromatic rings. The summed E-state index contributed by atoms with van der Waals surface area (Å²) in [5.74, 6) is -0.700. The Morgan fingerprint density at radius 2 is 2.10 bits per heavy atom. The molecule has 20 heavy (non-hydrogen) atoms. The Balaban J connectivity index is 2.21. The van der Waals surface area contributed by atoms with Crippen molar-refractivity contribution in [3.63, 3.8) is 0 Å². The minimum atomic E-state index is -3.84. The molecule has 0 amide bonds. The Bertz CT molecular complexity index is 632. The first-order valence-electron chi connectivity index (χ1n) is 6.26. The summed E-state index contributed by atoms with van der Waals surface area (Å²) in [5, 5.41) is 10.5. The van der Waals surface area contributed by atoms with Gasteiger partial charge in [0, 0.05) is 18.2 Å². The lowest BCUT2D eigenvalue weighted by atomic mass is 10.1. The van der Waals surface area contributed by atoms with Crippen molar-refractivity contribution in [3.8, 4) is 0 Å². The van der Waals surface area contributed by atoms with Crippen molar-refractivity contribution in [3.05, 3.63) is 34.1 Å². The highest BCUT2D eigenvalue weighted by Gasteiger charge is 2.27. The zero-order chi connectivity index (χ0) is 14.9. The van der Waals surface area contributed by atoms with Crippen molar-refractivity contribution >= 4 is 15.7 Å². The van der Waals surface area contributed by atoms with E-state index in [1.165, 1.54) is 0 Å².